The van der Waals surface area contributed by atoms with Crippen molar-refractivity contribution >= 4 is 29.2 Å². The molecule has 1 aromatic carbocycles. The number of aliphatic hydroxyl groups excluding tert-OH is 2. The maximum absolute atomic E-state index is 11.4. The van der Waals surface area contributed by atoms with Crippen molar-refractivity contribution in [2.24, 2.45) is 0 Å². The summed E-state index contributed by atoms with van der Waals surface area (Å²) in [5.74, 6) is -0.440. The topological polar surface area (TPSA) is 90.2 Å². The number of likely N-dealkylation sites (tertiary alicyclic amines) is 1. The van der Waals surface area contributed by atoms with Crippen molar-refractivity contribution < 1.29 is 24.9 Å². The number of rotatable bonds is 8. The minimum absolute atomic E-state index is 0.328. The van der Waals surface area contributed by atoms with E-state index in [-0.39, 0.29) is 0 Å². The molecule has 1 saturated heterocycles. The lowest BCUT2D eigenvalue weighted by Gasteiger charge is -2.30. The fourth-order valence-corrected chi connectivity index (χ4v) is 3.09. The Morgan fingerprint density at radius 1 is 1.21 bits per heavy atom. The van der Waals surface area contributed by atoms with E-state index in [1.807, 2.05) is 0 Å². The van der Waals surface area contributed by atoms with E-state index >= 15 is 0 Å². The molecule has 134 valence electrons. The van der Waals surface area contributed by atoms with E-state index in [0.717, 1.165) is 0 Å². The molecule has 1 fully saturated rings. The molecule has 0 spiro atoms. The molecule has 0 bridgehead atoms. The van der Waals surface area contributed by atoms with Crippen molar-refractivity contribution in [3.63, 3.8) is 0 Å². The third-order valence-electron chi connectivity index (χ3n) is 4.05. The fraction of sp³-hybridized carbons (Fsp3) is 0.562. The van der Waals surface area contributed by atoms with Crippen molar-refractivity contribution in [3.05, 3.63) is 28.2 Å². The van der Waals surface area contributed by atoms with E-state index in [1.54, 1.807) is 18.2 Å². The van der Waals surface area contributed by atoms with Gasteiger partial charge in [0.05, 0.1) is 16.7 Å². The summed E-state index contributed by atoms with van der Waals surface area (Å²) in [5, 5.41) is 29.9. The lowest BCUT2D eigenvalue weighted by atomic mass is 10.1. The Morgan fingerprint density at radius 3 is 2.46 bits per heavy atom. The van der Waals surface area contributed by atoms with Crippen molar-refractivity contribution in [3.8, 4) is 5.75 Å². The number of ether oxygens (including phenoxy) is 1. The van der Waals surface area contributed by atoms with E-state index < -0.39 is 24.5 Å². The quantitative estimate of drug-likeness (QED) is 0.603. The summed E-state index contributed by atoms with van der Waals surface area (Å²) in [6.45, 7) is 0.412. The lowest BCUT2D eigenvalue weighted by Crippen LogP contribution is -2.48. The Kier molecular flexibility index (Phi) is 7.13. The summed E-state index contributed by atoms with van der Waals surface area (Å²) in [4.78, 5) is 12.7. The van der Waals surface area contributed by atoms with Crippen LogP contribution in [0.15, 0.2) is 18.2 Å². The summed E-state index contributed by atoms with van der Waals surface area (Å²) in [5.41, 5.74) is 0. The number of aliphatic carboxylic acids is 1. The molecule has 24 heavy (non-hydrogen) atoms. The molecule has 1 aromatic rings. The summed E-state index contributed by atoms with van der Waals surface area (Å²) in [7, 11) is 0. The molecule has 0 amide bonds. The van der Waals surface area contributed by atoms with Crippen LogP contribution >= 0.6 is 23.2 Å². The number of hydrogen-bond acceptors (Lipinski definition) is 5. The number of halogens is 2. The van der Waals surface area contributed by atoms with Gasteiger partial charge in [-0.05, 0) is 44.2 Å². The molecule has 2 rings (SSSR count). The van der Waals surface area contributed by atoms with E-state index in [4.69, 9.17) is 27.9 Å². The van der Waals surface area contributed by atoms with E-state index in [0.29, 0.717) is 54.5 Å². The molecule has 0 aromatic heterocycles. The van der Waals surface area contributed by atoms with Gasteiger partial charge in [0.15, 0.2) is 0 Å². The molecule has 0 radical (unpaired) electrons. The second-order valence-electron chi connectivity index (χ2n) is 5.76. The molecule has 6 nitrogen and oxygen atoms in total. The molecular weight excluding hydrogens is 357 g/mol. The minimum Gasteiger partial charge on any atom is -0.494 e. The first-order valence-electron chi connectivity index (χ1n) is 7.84. The van der Waals surface area contributed by atoms with E-state index in [1.165, 1.54) is 4.90 Å². The van der Waals surface area contributed by atoms with Gasteiger partial charge in [-0.25, -0.2) is 4.90 Å². The number of aliphatic hydroxyl groups is 2. The monoisotopic (exact) mass is 377 g/mol. The maximum atomic E-state index is 11.4. The van der Waals surface area contributed by atoms with Crippen LogP contribution in [0.5, 0.6) is 5.75 Å². The lowest BCUT2D eigenvalue weighted by molar-refractivity contribution is -0.155. The normalized spacial score (nSPS) is 22.5. The first kappa shape index (κ1) is 19.3. The third kappa shape index (κ3) is 4.97. The van der Waals surface area contributed by atoms with Crippen molar-refractivity contribution in [1.29, 1.82) is 0 Å². The van der Waals surface area contributed by atoms with Gasteiger partial charge >= 0.3 is 5.97 Å². The van der Waals surface area contributed by atoms with Gasteiger partial charge in [-0.3, -0.25) is 4.79 Å². The smallest absolute Gasteiger partial charge is 0.321 e. The van der Waals surface area contributed by atoms with Crippen LogP contribution in [-0.4, -0.2) is 51.3 Å². The Balaban J connectivity index is 1.77. The van der Waals surface area contributed by atoms with Crippen molar-refractivity contribution in [2.75, 3.05) is 6.61 Å². The average Bonchev–Trinajstić information content (AvgIpc) is 2.85. The highest BCUT2D eigenvalue weighted by molar-refractivity contribution is 6.42. The van der Waals surface area contributed by atoms with Crippen LogP contribution in [0.2, 0.25) is 10.0 Å². The number of carbonyl (C=O) groups is 1. The van der Waals surface area contributed by atoms with Crippen LogP contribution in [0.1, 0.15) is 32.1 Å². The summed E-state index contributed by atoms with van der Waals surface area (Å²) >= 11 is 11.7. The average molecular weight is 378 g/mol. The van der Waals surface area contributed by atoms with Crippen LogP contribution in [0.25, 0.3) is 0 Å². The number of nitrogens with zero attached hydrogens (tertiary/aromatic N) is 1. The van der Waals surface area contributed by atoms with Gasteiger partial charge in [-0.2, -0.15) is 0 Å². The zero-order valence-corrected chi connectivity index (χ0v) is 14.6. The van der Waals surface area contributed by atoms with Gasteiger partial charge in [0.1, 0.15) is 24.2 Å². The van der Waals surface area contributed by atoms with E-state index in [9.17, 15) is 20.1 Å². The Bertz CT molecular complexity index is 561. The molecular formula is C16H21Cl2NO5. The molecule has 1 aliphatic heterocycles. The molecule has 3 atom stereocenters. The third-order valence-corrected chi connectivity index (χ3v) is 4.79. The molecule has 8 heteroatoms. The zero-order valence-electron chi connectivity index (χ0n) is 13.1. The highest BCUT2D eigenvalue weighted by Gasteiger charge is 2.39. The van der Waals surface area contributed by atoms with E-state index in [2.05, 4.69) is 0 Å². The highest BCUT2D eigenvalue weighted by atomic mass is 35.5. The number of carboxylic acids is 1. The number of unbranched alkanes of at least 4 members (excludes halogenated alkanes) is 1. The molecule has 3 unspecified atom stereocenters. The predicted octanol–water partition coefficient (Wildman–Crippen LogP) is 2.73. The first-order valence-corrected chi connectivity index (χ1v) is 8.60. The Hall–Kier alpha value is -1.05. The molecule has 1 aliphatic rings. The van der Waals surface area contributed by atoms with Gasteiger partial charge in [0, 0.05) is 6.07 Å². The molecule has 1 heterocycles. The summed E-state index contributed by atoms with van der Waals surface area (Å²) in [6, 6.07) is 4.09. The SMILES string of the molecule is O=C(O)C(CCCCOc1ccc(Cl)c(Cl)c1)N1C(O)CCC1O. The predicted molar refractivity (Wildman–Crippen MR) is 90.3 cm³/mol. The summed E-state index contributed by atoms with van der Waals surface area (Å²) in [6.07, 6.45) is 0.505. The Labute approximate surface area is 150 Å². The minimum atomic E-state index is -1.04. The number of benzene rings is 1. The van der Waals surface area contributed by atoms with Crippen LogP contribution in [0.4, 0.5) is 0 Å². The van der Waals surface area contributed by atoms with Crippen molar-refractivity contribution in [2.45, 2.75) is 50.6 Å². The van der Waals surface area contributed by atoms with Gasteiger partial charge in [0.2, 0.25) is 0 Å². The van der Waals surface area contributed by atoms with Crippen LogP contribution < -0.4 is 4.74 Å². The van der Waals surface area contributed by atoms with Crippen LogP contribution in [0, 0.1) is 0 Å². The molecule has 0 aliphatic carbocycles. The zero-order chi connectivity index (χ0) is 17.7. The summed E-state index contributed by atoms with van der Waals surface area (Å²) < 4.78 is 5.55. The maximum Gasteiger partial charge on any atom is 0.321 e. The first-order chi connectivity index (χ1) is 11.4. The number of carboxylic acid groups (broad SMARTS) is 1. The van der Waals surface area contributed by atoms with Gasteiger partial charge in [0.25, 0.3) is 0 Å². The van der Waals surface area contributed by atoms with Crippen LogP contribution in [-0.2, 0) is 4.79 Å². The highest BCUT2D eigenvalue weighted by Crippen LogP contribution is 2.27. The largest absolute Gasteiger partial charge is 0.494 e. The number of hydrogen-bond donors (Lipinski definition) is 3. The van der Waals surface area contributed by atoms with Gasteiger partial charge in [-0.15, -0.1) is 0 Å². The van der Waals surface area contributed by atoms with Crippen LogP contribution in [0.3, 0.4) is 0 Å². The Morgan fingerprint density at radius 2 is 1.88 bits per heavy atom. The van der Waals surface area contributed by atoms with Crippen molar-refractivity contribution in [1.82, 2.24) is 4.90 Å². The second kappa shape index (κ2) is 8.87. The standard InChI is InChI=1S/C16H21Cl2NO5/c17-11-5-4-10(9-12(11)18)24-8-2-1-3-13(16(22)23)19-14(20)6-7-15(19)21/h4-5,9,13-15,20-21H,1-3,6-8H2,(H,22,23). The molecule has 3 N–H and O–H groups in total. The molecule has 0 saturated carbocycles. The van der Waals surface area contributed by atoms with Gasteiger partial charge in [-0.1, -0.05) is 23.2 Å². The fourth-order valence-electron chi connectivity index (χ4n) is 2.81. The second-order valence-corrected chi connectivity index (χ2v) is 6.57. The van der Waals surface area contributed by atoms with Gasteiger partial charge < -0.3 is 20.1 Å².